The summed E-state index contributed by atoms with van der Waals surface area (Å²) in [6.45, 7) is 2.43. The number of fused-ring (bicyclic) bond motifs is 1. The molecule has 0 aliphatic carbocycles. The van der Waals surface area contributed by atoms with Crippen LogP contribution < -0.4 is 4.74 Å². The highest BCUT2D eigenvalue weighted by molar-refractivity contribution is 5.99. The summed E-state index contributed by atoms with van der Waals surface area (Å²) in [5, 5.41) is 0. The SMILES string of the molecule is COc1cncc(C(=O)C2CN3CCCC3CO2)c1. The third kappa shape index (κ3) is 2.48. The summed E-state index contributed by atoms with van der Waals surface area (Å²) in [6, 6.07) is 2.22. The topological polar surface area (TPSA) is 51.7 Å². The van der Waals surface area contributed by atoms with Gasteiger partial charge in [0.15, 0.2) is 5.78 Å². The molecule has 1 aromatic rings. The average Bonchev–Trinajstić information content (AvgIpc) is 2.94. The van der Waals surface area contributed by atoms with Gasteiger partial charge in [-0.05, 0) is 25.5 Å². The predicted molar refractivity (Wildman–Crippen MR) is 69.5 cm³/mol. The number of pyridine rings is 1. The molecule has 0 amide bonds. The van der Waals surface area contributed by atoms with Gasteiger partial charge in [-0.1, -0.05) is 0 Å². The quantitative estimate of drug-likeness (QED) is 0.764. The van der Waals surface area contributed by atoms with Crippen molar-refractivity contribution in [2.24, 2.45) is 0 Å². The average molecular weight is 262 g/mol. The summed E-state index contributed by atoms with van der Waals surface area (Å²) in [4.78, 5) is 18.8. The minimum absolute atomic E-state index is 0.00301. The Morgan fingerprint density at radius 3 is 3.26 bits per heavy atom. The van der Waals surface area contributed by atoms with Gasteiger partial charge in [-0.15, -0.1) is 0 Å². The number of ether oxygens (including phenoxy) is 2. The van der Waals surface area contributed by atoms with Gasteiger partial charge in [0.1, 0.15) is 11.9 Å². The molecular formula is C14H18N2O3. The predicted octanol–water partition coefficient (Wildman–Crippen LogP) is 1.14. The zero-order chi connectivity index (χ0) is 13.2. The van der Waals surface area contributed by atoms with Gasteiger partial charge in [0.2, 0.25) is 0 Å². The number of carbonyl (C=O) groups is 1. The Hall–Kier alpha value is -1.46. The van der Waals surface area contributed by atoms with E-state index >= 15 is 0 Å². The summed E-state index contributed by atoms with van der Waals surface area (Å²) in [6.07, 6.45) is 5.18. The lowest BCUT2D eigenvalue weighted by Gasteiger charge is -2.34. The molecule has 2 unspecified atom stereocenters. The molecule has 2 atom stereocenters. The van der Waals surface area contributed by atoms with Crippen molar-refractivity contribution < 1.29 is 14.3 Å². The van der Waals surface area contributed by atoms with Crippen LogP contribution >= 0.6 is 0 Å². The van der Waals surface area contributed by atoms with Crippen molar-refractivity contribution >= 4 is 5.78 Å². The van der Waals surface area contributed by atoms with Crippen LogP contribution in [0, 0.1) is 0 Å². The van der Waals surface area contributed by atoms with Gasteiger partial charge in [0.05, 0.1) is 19.9 Å². The van der Waals surface area contributed by atoms with E-state index in [0.29, 0.717) is 30.5 Å². The van der Waals surface area contributed by atoms with Crippen molar-refractivity contribution in [1.29, 1.82) is 0 Å². The Bertz CT molecular complexity index is 478. The lowest BCUT2D eigenvalue weighted by molar-refractivity contribution is -0.0344. The zero-order valence-corrected chi connectivity index (χ0v) is 11.0. The molecule has 0 saturated carbocycles. The highest BCUT2D eigenvalue weighted by atomic mass is 16.5. The standard InChI is InChI=1S/C14H18N2O3/c1-18-12-5-10(6-15-7-12)14(17)13-8-16-4-2-3-11(16)9-19-13/h5-7,11,13H,2-4,8-9H2,1H3. The van der Waals surface area contributed by atoms with Crippen LogP contribution in [0.4, 0.5) is 0 Å². The highest BCUT2D eigenvalue weighted by Crippen LogP contribution is 2.24. The number of carbonyl (C=O) groups excluding carboxylic acids is 1. The van der Waals surface area contributed by atoms with Crippen molar-refractivity contribution in [2.45, 2.75) is 25.0 Å². The fourth-order valence-corrected chi connectivity index (χ4v) is 2.83. The minimum atomic E-state index is -0.372. The van der Waals surface area contributed by atoms with E-state index in [9.17, 15) is 4.79 Å². The number of rotatable bonds is 3. The Morgan fingerprint density at radius 2 is 2.42 bits per heavy atom. The fraction of sp³-hybridized carbons (Fsp3) is 0.571. The molecular weight excluding hydrogens is 244 g/mol. The summed E-state index contributed by atoms with van der Waals surface area (Å²) in [5.74, 6) is 0.595. The van der Waals surface area contributed by atoms with E-state index in [1.165, 1.54) is 12.8 Å². The van der Waals surface area contributed by atoms with Crippen LogP contribution in [0.1, 0.15) is 23.2 Å². The van der Waals surface area contributed by atoms with E-state index < -0.39 is 0 Å². The number of Topliss-reactive ketones (excluding diaryl/α,β-unsaturated/α-hetero) is 1. The van der Waals surface area contributed by atoms with E-state index in [0.717, 1.165) is 6.54 Å². The highest BCUT2D eigenvalue weighted by Gasteiger charge is 2.35. The third-order valence-corrected chi connectivity index (χ3v) is 3.92. The van der Waals surface area contributed by atoms with E-state index in [1.54, 1.807) is 25.6 Å². The van der Waals surface area contributed by atoms with Gasteiger partial charge in [-0.25, -0.2) is 0 Å². The van der Waals surface area contributed by atoms with Crippen molar-refractivity contribution in [3.05, 3.63) is 24.0 Å². The number of hydrogen-bond donors (Lipinski definition) is 0. The fourth-order valence-electron chi connectivity index (χ4n) is 2.83. The van der Waals surface area contributed by atoms with Crippen LogP contribution in [0.25, 0.3) is 0 Å². The smallest absolute Gasteiger partial charge is 0.194 e. The molecule has 3 rings (SSSR count). The van der Waals surface area contributed by atoms with E-state index in [1.807, 2.05) is 0 Å². The molecule has 3 heterocycles. The molecule has 102 valence electrons. The first kappa shape index (κ1) is 12.6. The molecule has 19 heavy (non-hydrogen) atoms. The van der Waals surface area contributed by atoms with Crippen LogP contribution in [0.5, 0.6) is 5.75 Å². The minimum Gasteiger partial charge on any atom is -0.495 e. The summed E-state index contributed by atoms with van der Waals surface area (Å²) in [7, 11) is 1.57. The number of aromatic nitrogens is 1. The normalized spacial score (nSPS) is 27.0. The van der Waals surface area contributed by atoms with Crippen LogP contribution in [0.15, 0.2) is 18.5 Å². The molecule has 2 fully saturated rings. The largest absolute Gasteiger partial charge is 0.495 e. The van der Waals surface area contributed by atoms with Gasteiger partial charge in [-0.2, -0.15) is 0 Å². The van der Waals surface area contributed by atoms with Gasteiger partial charge in [0.25, 0.3) is 0 Å². The van der Waals surface area contributed by atoms with Crippen molar-refractivity contribution in [3.8, 4) is 5.75 Å². The third-order valence-electron chi connectivity index (χ3n) is 3.92. The van der Waals surface area contributed by atoms with Crippen LogP contribution in [0.3, 0.4) is 0 Å². The molecule has 2 aliphatic heterocycles. The molecule has 1 aromatic heterocycles. The number of methoxy groups -OCH3 is 1. The number of nitrogens with zero attached hydrogens (tertiary/aromatic N) is 2. The molecule has 0 aromatic carbocycles. The van der Waals surface area contributed by atoms with Crippen LogP contribution in [0.2, 0.25) is 0 Å². The molecule has 5 heteroatoms. The second-order valence-electron chi connectivity index (χ2n) is 5.09. The number of morpholine rings is 1. The Balaban J connectivity index is 1.72. The maximum absolute atomic E-state index is 12.4. The molecule has 0 bridgehead atoms. The molecule has 0 radical (unpaired) electrons. The second-order valence-corrected chi connectivity index (χ2v) is 5.09. The summed E-state index contributed by atoms with van der Waals surface area (Å²) < 4.78 is 10.8. The van der Waals surface area contributed by atoms with E-state index in [-0.39, 0.29) is 11.9 Å². The Morgan fingerprint density at radius 1 is 1.53 bits per heavy atom. The van der Waals surface area contributed by atoms with Gasteiger partial charge >= 0.3 is 0 Å². The first-order chi connectivity index (χ1) is 9.28. The second kappa shape index (κ2) is 5.27. The number of hydrogen-bond acceptors (Lipinski definition) is 5. The molecule has 0 N–H and O–H groups in total. The van der Waals surface area contributed by atoms with Crippen LogP contribution in [-0.2, 0) is 4.74 Å². The van der Waals surface area contributed by atoms with E-state index in [4.69, 9.17) is 9.47 Å². The van der Waals surface area contributed by atoms with Crippen molar-refractivity contribution in [3.63, 3.8) is 0 Å². The first-order valence-electron chi connectivity index (χ1n) is 6.67. The van der Waals surface area contributed by atoms with Crippen molar-refractivity contribution in [1.82, 2.24) is 9.88 Å². The van der Waals surface area contributed by atoms with Crippen LogP contribution in [-0.4, -0.2) is 54.6 Å². The monoisotopic (exact) mass is 262 g/mol. The number of ketones is 1. The molecule has 2 saturated heterocycles. The molecule has 2 aliphatic rings. The Kier molecular flexibility index (Phi) is 3.48. The lowest BCUT2D eigenvalue weighted by Crippen LogP contribution is -2.49. The molecule has 5 nitrogen and oxygen atoms in total. The van der Waals surface area contributed by atoms with Gasteiger partial charge in [0, 0.05) is 24.3 Å². The lowest BCUT2D eigenvalue weighted by atomic mass is 10.1. The first-order valence-corrected chi connectivity index (χ1v) is 6.67. The van der Waals surface area contributed by atoms with Gasteiger partial charge < -0.3 is 9.47 Å². The zero-order valence-electron chi connectivity index (χ0n) is 11.0. The van der Waals surface area contributed by atoms with Gasteiger partial charge in [-0.3, -0.25) is 14.7 Å². The van der Waals surface area contributed by atoms with Crippen molar-refractivity contribution in [2.75, 3.05) is 26.8 Å². The molecule has 0 spiro atoms. The maximum Gasteiger partial charge on any atom is 0.194 e. The Labute approximate surface area is 112 Å². The maximum atomic E-state index is 12.4. The summed E-state index contributed by atoms with van der Waals surface area (Å²) in [5.41, 5.74) is 0.557. The van der Waals surface area contributed by atoms with E-state index in [2.05, 4.69) is 9.88 Å². The summed E-state index contributed by atoms with van der Waals surface area (Å²) >= 11 is 0.